The number of hydrogen-bond acceptors (Lipinski definition) is 3. The Balaban J connectivity index is 1.32. The SMILES string of the molecule is CCC1CC1NC(=O)N1CCC(=Cc2cccc(Oc3ccc(C(F)(F)F)cn3)c2)CC1. The predicted octanol–water partition coefficient (Wildman–Crippen LogP) is 5.88. The molecular weight excluding hydrogens is 419 g/mol. The Labute approximate surface area is 185 Å². The molecule has 2 unspecified atom stereocenters. The Bertz CT molecular complexity index is 979. The van der Waals surface area contributed by atoms with E-state index in [1.165, 1.54) is 11.6 Å². The molecule has 5 nitrogen and oxygen atoms in total. The van der Waals surface area contributed by atoms with Gasteiger partial charge in [-0.25, -0.2) is 9.78 Å². The number of amides is 2. The molecule has 1 N–H and O–H groups in total. The molecule has 2 aliphatic rings. The number of likely N-dealkylation sites (tertiary alicyclic amines) is 1. The smallest absolute Gasteiger partial charge is 0.417 e. The summed E-state index contributed by atoms with van der Waals surface area (Å²) in [5.74, 6) is 1.23. The lowest BCUT2D eigenvalue weighted by molar-refractivity contribution is -0.137. The van der Waals surface area contributed by atoms with Crippen LogP contribution in [0, 0.1) is 5.92 Å². The predicted molar refractivity (Wildman–Crippen MR) is 115 cm³/mol. The number of hydrogen-bond donors (Lipinski definition) is 1. The van der Waals surface area contributed by atoms with Crippen molar-refractivity contribution in [2.75, 3.05) is 13.1 Å². The van der Waals surface area contributed by atoms with E-state index in [-0.39, 0.29) is 11.9 Å². The van der Waals surface area contributed by atoms with Gasteiger partial charge >= 0.3 is 12.2 Å². The van der Waals surface area contributed by atoms with Gasteiger partial charge in [0.15, 0.2) is 0 Å². The molecule has 2 atom stereocenters. The monoisotopic (exact) mass is 445 g/mol. The number of carbonyl (C=O) groups is 1. The summed E-state index contributed by atoms with van der Waals surface area (Å²) in [7, 11) is 0. The lowest BCUT2D eigenvalue weighted by atomic mass is 10.0. The summed E-state index contributed by atoms with van der Waals surface area (Å²) < 4.78 is 43.6. The molecule has 0 radical (unpaired) electrons. The van der Waals surface area contributed by atoms with Gasteiger partial charge in [-0.1, -0.05) is 37.1 Å². The first-order chi connectivity index (χ1) is 15.3. The largest absolute Gasteiger partial charge is 0.439 e. The third-order valence-corrected chi connectivity index (χ3v) is 5.96. The third-order valence-electron chi connectivity index (χ3n) is 5.96. The maximum Gasteiger partial charge on any atom is 0.417 e. The Hall–Kier alpha value is -3.03. The van der Waals surface area contributed by atoms with Gasteiger partial charge in [0.2, 0.25) is 5.88 Å². The van der Waals surface area contributed by atoms with Crippen molar-refractivity contribution in [3.63, 3.8) is 0 Å². The minimum atomic E-state index is -4.43. The molecule has 32 heavy (non-hydrogen) atoms. The van der Waals surface area contributed by atoms with Crippen molar-refractivity contribution in [2.45, 2.75) is 44.8 Å². The summed E-state index contributed by atoms with van der Waals surface area (Å²) in [4.78, 5) is 18.0. The van der Waals surface area contributed by atoms with E-state index in [0.717, 1.165) is 43.5 Å². The van der Waals surface area contributed by atoms with Crippen LogP contribution in [0.1, 0.15) is 43.7 Å². The van der Waals surface area contributed by atoms with Gasteiger partial charge in [-0.05, 0) is 48.9 Å². The summed E-state index contributed by atoms with van der Waals surface area (Å²) in [6, 6.07) is 9.85. The molecule has 1 saturated heterocycles. The average Bonchev–Trinajstić information content (AvgIpc) is 3.52. The topological polar surface area (TPSA) is 54.5 Å². The lowest BCUT2D eigenvalue weighted by Gasteiger charge is -2.28. The standard InChI is InChI=1S/C24H26F3N3O2/c1-2-18-14-21(18)29-23(31)30-10-8-16(9-11-30)12-17-4-3-5-20(13-17)32-22-7-6-19(15-28-22)24(25,26)27/h3-7,12-13,15,18,21H,2,8-11,14H2,1H3,(H,29,31). The molecule has 0 spiro atoms. The normalized spacial score (nSPS) is 20.6. The number of alkyl halides is 3. The maximum absolute atomic E-state index is 12.7. The van der Waals surface area contributed by atoms with E-state index in [1.54, 1.807) is 6.07 Å². The molecule has 0 bridgehead atoms. The van der Waals surface area contributed by atoms with Gasteiger partial charge in [-0.15, -0.1) is 0 Å². The van der Waals surface area contributed by atoms with Gasteiger partial charge in [0, 0.05) is 31.4 Å². The molecular formula is C24H26F3N3O2. The fraction of sp³-hybridized carbons (Fsp3) is 0.417. The van der Waals surface area contributed by atoms with Crippen molar-refractivity contribution in [1.29, 1.82) is 0 Å². The number of carbonyl (C=O) groups excluding carboxylic acids is 1. The number of aromatic nitrogens is 1. The van der Waals surface area contributed by atoms with Crippen LogP contribution in [-0.4, -0.2) is 35.0 Å². The van der Waals surface area contributed by atoms with E-state index in [0.29, 0.717) is 30.8 Å². The van der Waals surface area contributed by atoms with Crippen molar-refractivity contribution in [2.24, 2.45) is 5.92 Å². The Morgan fingerprint density at radius 2 is 2.03 bits per heavy atom. The molecule has 1 saturated carbocycles. The summed E-state index contributed by atoms with van der Waals surface area (Å²) >= 11 is 0. The maximum atomic E-state index is 12.7. The third kappa shape index (κ3) is 5.60. The Kier molecular flexibility index (Phi) is 6.39. The van der Waals surface area contributed by atoms with Crippen molar-refractivity contribution in [3.8, 4) is 11.6 Å². The molecule has 2 amide bonds. The highest BCUT2D eigenvalue weighted by atomic mass is 19.4. The highest BCUT2D eigenvalue weighted by Crippen LogP contribution is 2.33. The van der Waals surface area contributed by atoms with Gasteiger partial charge in [0.05, 0.1) is 5.56 Å². The number of ether oxygens (including phenoxy) is 1. The summed E-state index contributed by atoms with van der Waals surface area (Å²) in [5, 5.41) is 3.11. The van der Waals surface area contributed by atoms with Gasteiger partial charge in [-0.2, -0.15) is 13.2 Å². The fourth-order valence-corrected chi connectivity index (χ4v) is 3.90. The van der Waals surface area contributed by atoms with E-state index in [4.69, 9.17) is 4.74 Å². The summed E-state index contributed by atoms with van der Waals surface area (Å²) in [6.07, 6.45) is 2.22. The second kappa shape index (κ2) is 9.22. The van der Waals surface area contributed by atoms with Crippen LogP contribution in [0.2, 0.25) is 0 Å². The first-order valence-corrected chi connectivity index (χ1v) is 10.9. The number of urea groups is 1. The second-order valence-electron chi connectivity index (χ2n) is 8.31. The fourth-order valence-electron chi connectivity index (χ4n) is 3.90. The number of rotatable bonds is 5. The summed E-state index contributed by atoms with van der Waals surface area (Å²) in [6.45, 7) is 3.52. The van der Waals surface area contributed by atoms with Crippen LogP contribution in [0.15, 0.2) is 48.2 Å². The van der Waals surface area contributed by atoms with Gasteiger partial charge in [0.25, 0.3) is 0 Å². The van der Waals surface area contributed by atoms with Crippen molar-refractivity contribution in [1.82, 2.24) is 15.2 Å². The Morgan fingerprint density at radius 3 is 2.66 bits per heavy atom. The molecule has 1 aliphatic heterocycles. The van der Waals surface area contributed by atoms with Crippen LogP contribution in [-0.2, 0) is 6.18 Å². The molecule has 2 heterocycles. The number of nitrogens with one attached hydrogen (secondary N) is 1. The molecule has 1 aliphatic carbocycles. The van der Waals surface area contributed by atoms with Crippen LogP contribution < -0.4 is 10.1 Å². The highest BCUT2D eigenvalue weighted by molar-refractivity contribution is 5.75. The number of pyridine rings is 1. The quantitative estimate of drug-likeness (QED) is 0.625. The van der Waals surface area contributed by atoms with Gasteiger partial charge < -0.3 is 15.0 Å². The molecule has 4 rings (SSSR count). The van der Waals surface area contributed by atoms with Gasteiger partial charge in [-0.3, -0.25) is 0 Å². The average molecular weight is 445 g/mol. The van der Waals surface area contributed by atoms with E-state index in [9.17, 15) is 18.0 Å². The number of nitrogens with zero attached hydrogens (tertiary/aromatic N) is 2. The second-order valence-corrected chi connectivity index (χ2v) is 8.31. The van der Waals surface area contributed by atoms with Crippen molar-refractivity contribution in [3.05, 3.63) is 59.3 Å². The van der Waals surface area contributed by atoms with E-state index < -0.39 is 11.7 Å². The van der Waals surface area contributed by atoms with Crippen LogP contribution in [0.5, 0.6) is 11.6 Å². The molecule has 8 heteroatoms. The summed E-state index contributed by atoms with van der Waals surface area (Å²) in [5.41, 5.74) is 1.37. The van der Waals surface area contributed by atoms with E-state index in [1.807, 2.05) is 23.1 Å². The van der Waals surface area contributed by atoms with Crippen LogP contribution in [0.3, 0.4) is 0 Å². The molecule has 1 aromatic carbocycles. The van der Waals surface area contributed by atoms with Crippen LogP contribution in [0.25, 0.3) is 6.08 Å². The zero-order chi connectivity index (χ0) is 22.7. The molecule has 2 fully saturated rings. The first kappa shape index (κ1) is 22.2. The zero-order valence-corrected chi connectivity index (χ0v) is 17.9. The number of benzene rings is 1. The number of halogens is 3. The van der Waals surface area contributed by atoms with Crippen molar-refractivity contribution >= 4 is 12.1 Å². The molecule has 170 valence electrons. The van der Waals surface area contributed by atoms with Crippen LogP contribution in [0.4, 0.5) is 18.0 Å². The van der Waals surface area contributed by atoms with Gasteiger partial charge in [0.1, 0.15) is 5.75 Å². The van der Waals surface area contributed by atoms with E-state index in [2.05, 4.69) is 23.3 Å². The highest BCUT2D eigenvalue weighted by Gasteiger charge is 2.37. The minimum absolute atomic E-state index is 0.0319. The van der Waals surface area contributed by atoms with Crippen molar-refractivity contribution < 1.29 is 22.7 Å². The molecule has 2 aromatic rings. The Morgan fingerprint density at radius 1 is 1.25 bits per heavy atom. The number of piperidine rings is 1. The first-order valence-electron chi connectivity index (χ1n) is 10.9. The lowest BCUT2D eigenvalue weighted by Crippen LogP contribution is -2.44. The van der Waals surface area contributed by atoms with E-state index >= 15 is 0 Å². The minimum Gasteiger partial charge on any atom is -0.439 e. The van der Waals surface area contributed by atoms with Crippen LogP contribution >= 0.6 is 0 Å². The molecule has 1 aromatic heterocycles. The zero-order valence-electron chi connectivity index (χ0n) is 17.9.